The summed E-state index contributed by atoms with van der Waals surface area (Å²) in [5.74, 6) is 7.28. The number of alkyl carbamates (subject to hydrolysis) is 1. The van der Waals surface area contributed by atoms with Gasteiger partial charge in [0.15, 0.2) is 11.5 Å². The number of ether oxygens (including phenoxy) is 3. The summed E-state index contributed by atoms with van der Waals surface area (Å²) >= 11 is 0. The molecular formula is C19H17NO4. The van der Waals surface area contributed by atoms with Crippen LogP contribution in [0.4, 0.5) is 4.79 Å². The summed E-state index contributed by atoms with van der Waals surface area (Å²) in [7, 11) is 0. The fourth-order valence-electron chi connectivity index (χ4n) is 2.16. The Morgan fingerprint density at radius 1 is 1.08 bits per heavy atom. The maximum Gasteiger partial charge on any atom is 0.408 e. The number of hydrogen-bond acceptors (Lipinski definition) is 4. The van der Waals surface area contributed by atoms with Crippen LogP contribution in [0.5, 0.6) is 11.5 Å². The van der Waals surface area contributed by atoms with Crippen molar-refractivity contribution >= 4 is 6.09 Å². The van der Waals surface area contributed by atoms with Crippen LogP contribution in [-0.4, -0.2) is 25.9 Å². The highest BCUT2D eigenvalue weighted by Gasteiger charge is 2.10. The van der Waals surface area contributed by atoms with Gasteiger partial charge in [-0.2, -0.15) is 0 Å². The van der Waals surface area contributed by atoms with Crippen LogP contribution in [0, 0.1) is 11.8 Å². The van der Waals surface area contributed by atoms with E-state index < -0.39 is 6.09 Å². The Balaban J connectivity index is 1.45. The Bertz CT molecular complexity index is 762. The quantitative estimate of drug-likeness (QED) is 0.883. The molecule has 0 spiro atoms. The molecule has 24 heavy (non-hydrogen) atoms. The van der Waals surface area contributed by atoms with E-state index >= 15 is 0 Å². The van der Waals surface area contributed by atoms with Crippen LogP contribution >= 0.6 is 0 Å². The van der Waals surface area contributed by atoms with Crippen molar-refractivity contribution in [3.63, 3.8) is 0 Å². The minimum atomic E-state index is -0.490. The zero-order valence-electron chi connectivity index (χ0n) is 13.1. The number of carbonyl (C=O) groups excluding carboxylic acids is 1. The first kappa shape index (κ1) is 15.8. The van der Waals surface area contributed by atoms with Crippen molar-refractivity contribution in [2.45, 2.75) is 6.61 Å². The lowest BCUT2D eigenvalue weighted by atomic mass is 10.2. The zero-order chi connectivity index (χ0) is 16.6. The zero-order valence-corrected chi connectivity index (χ0v) is 13.1. The summed E-state index contributed by atoms with van der Waals surface area (Å²) < 4.78 is 16.1. The van der Waals surface area contributed by atoms with E-state index in [1.807, 2.05) is 48.5 Å². The highest BCUT2D eigenvalue weighted by Crippen LogP contribution is 2.30. The molecule has 1 aliphatic rings. The van der Waals surface area contributed by atoms with Crippen molar-refractivity contribution in [3.8, 4) is 23.3 Å². The Labute approximate surface area is 140 Å². The van der Waals surface area contributed by atoms with Gasteiger partial charge in [0.1, 0.15) is 19.8 Å². The first-order valence-electron chi connectivity index (χ1n) is 7.64. The smallest absolute Gasteiger partial charge is 0.408 e. The van der Waals surface area contributed by atoms with Gasteiger partial charge >= 0.3 is 6.09 Å². The largest absolute Gasteiger partial charge is 0.486 e. The molecule has 5 nitrogen and oxygen atoms in total. The molecule has 0 radical (unpaired) electrons. The van der Waals surface area contributed by atoms with E-state index in [-0.39, 0.29) is 13.2 Å². The molecule has 3 rings (SSSR count). The monoisotopic (exact) mass is 323 g/mol. The number of hydrogen-bond donors (Lipinski definition) is 1. The van der Waals surface area contributed by atoms with Crippen molar-refractivity contribution in [2.24, 2.45) is 0 Å². The summed E-state index contributed by atoms with van der Waals surface area (Å²) in [6, 6.07) is 15.0. The molecule has 1 amide bonds. The predicted octanol–water partition coefficient (Wildman–Crippen LogP) is 2.74. The van der Waals surface area contributed by atoms with Crippen molar-refractivity contribution in [1.29, 1.82) is 0 Å². The van der Waals surface area contributed by atoms with Gasteiger partial charge in [-0.1, -0.05) is 42.2 Å². The van der Waals surface area contributed by atoms with Gasteiger partial charge in [0, 0.05) is 5.56 Å². The molecule has 2 aromatic carbocycles. The first-order valence-corrected chi connectivity index (χ1v) is 7.64. The molecule has 122 valence electrons. The number of fused-ring (bicyclic) bond motifs is 1. The van der Waals surface area contributed by atoms with Gasteiger partial charge < -0.3 is 19.5 Å². The van der Waals surface area contributed by atoms with E-state index in [0.717, 1.165) is 16.9 Å². The van der Waals surface area contributed by atoms with Gasteiger partial charge in [0.2, 0.25) is 0 Å². The topological polar surface area (TPSA) is 56.8 Å². The van der Waals surface area contributed by atoms with E-state index in [0.29, 0.717) is 19.0 Å². The molecule has 5 heteroatoms. The molecule has 0 saturated heterocycles. The third-order valence-electron chi connectivity index (χ3n) is 3.31. The summed E-state index contributed by atoms with van der Waals surface area (Å²) in [6.07, 6.45) is -0.490. The first-order chi connectivity index (χ1) is 11.8. The Morgan fingerprint density at radius 3 is 2.71 bits per heavy atom. The van der Waals surface area contributed by atoms with Gasteiger partial charge in [-0.25, -0.2) is 4.79 Å². The maximum absolute atomic E-state index is 11.6. The molecule has 0 atom stereocenters. The number of rotatable bonds is 3. The second-order valence-electron chi connectivity index (χ2n) is 5.08. The molecule has 0 saturated carbocycles. The van der Waals surface area contributed by atoms with E-state index in [1.54, 1.807) is 0 Å². The third kappa shape index (κ3) is 4.43. The van der Waals surface area contributed by atoms with Crippen molar-refractivity contribution in [2.75, 3.05) is 19.8 Å². The predicted molar refractivity (Wildman–Crippen MR) is 88.9 cm³/mol. The summed E-state index contributed by atoms with van der Waals surface area (Å²) in [5.41, 5.74) is 1.74. The summed E-state index contributed by atoms with van der Waals surface area (Å²) in [5, 5.41) is 2.59. The number of nitrogens with one attached hydrogen (secondary N) is 1. The lowest BCUT2D eigenvalue weighted by Gasteiger charge is -2.17. The molecule has 1 heterocycles. The molecule has 2 aromatic rings. The van der Waals surface area contributed by atoms with Gasteiger partial charge in [-0.15, -0.1) is 0 Å². The van der Waals surface area contributed by atoms with Crippen LogP contribution < -0.4 is 14.8 Å². The maximum atomic E-state index is 11.6. The number of benzene rings is 2. The normalized spacial score (nSPS) is 11.8. The standard InChI is InChI=1S/C19H17NO4/c21-19(24-14-16-5-2-1-3-6-16)20-10-4-7-15-8-9-17-18(13-15)23-12-11-22-17/h1-3,5-6,8-9,13H,10-12,14H2,(H,20,21). The van der Waals surface area contributed by atoms with Gasteiger partial charge in [-0.3, -0.25) is 0 Å². The van der Waals surface area contributed by atoms with Crippen LogP contribution in [0.1, 0.15) is 11.1 Å². The van der Waals surface area contributed by atoms with Crippen molar-refractivity contribution in [1.82, 2.24) is 5.32 Å². The lowest BCUT2D eigenvalue weighted by molar-refractivity contribution is 0.141. The van der Waals surface area contributed by atoms with Crippen LogP contribution in [0.15, 0.2) is 48.5 Å². The molecule has 1 N–H and O–H groups in total. The molecular weight excluding hydrogens is 306 g/mol. The molecule has 0 unspecified atom stereocenters. The lowest BCUT2D eigenvalue weighted by Crippen LogP contribution is -2.24. The van der Waals surface area contributed by atoms with Crippen molar-refractivity contribution in [3.05, 3.63) is 59.7 Å². The van der Waals surface area contributed by atoms with Crippen LogP contribution in [0.25, 0.3) is 0 Å². The molecule has 1 aliphatic heterocycles. The van der Waals surface area contributed by atoms with Gasteiger partial charge in [0.05, 0.1) is 6.54 Å². The molecule has 0 fully saturated rings. The minimum Gasteiger partial charge on any atom is -0.486 e. The van der Waals surface area contributed by atoms with Crippen molar-refractivity contribution < 1.29 is 19.0 Å². The van der Waals surface area contributed by atoms with E-state index in [1.165, 1.54) is 0 Å². The summed E-state index contributed by atoms with van der Waals surface area (Å²) in [4.78, 5) is 11.6. The average molecular weight is 323 g/mol. The SMILES string of the molecule is O=C(NCC#Cc1ccc2c(c1)OCCO2)OCc1ccccc1. The molecule has 0 aliphatic carbocycles. The Morgan fingerprint density at radius 2 is 1.88 bits per heavy atom. The van der Waals surface area contributed by atoms with Crippen LogP contribution in [0.2, 0.25) is 0 Å². The highest BCUT2D eigenvalue weighted by atomic mass is 16.6. The van der Waals surface area contributed by atoms with E-state index in [2.05, 4.69) is 17.2 Å². The second kappa shape index (κ2) is 7.93. The average Bonchev–Trinajstić information content (AvgIpc) is 2.64. The van der Waals surface area contributed by atoms with Crippen LogP contribution in [0.3, 0.4) is 0 Å². The van der Waals surface area contributed by atoms with Gasteiger partial charge in [-0.05, 0) is 23.8 Å². The number of amides is 1. The van der Waals surface area contributed by atoms with Gasteiger partial charge in [0.25, 0.3) is 0 Å². The Hall–Kier alpha value is -3.13. The molecule has 0 aromatic heterocycles. The summed E-state index contributed by atoms with van der Waals surface area (Å²) in [6.45, 7) is 1.55. The second-order valence-corrected chi connectivity index (χ2v) is 5.08. The fraction of sp³-hybridized carbons (Fsp3) is 0.211. The number of carbonyl (C=O) groups is 1. The minimum absolute atomic E-state index is 0.210. The van der Waals surface area contributed by atoms with E-state index in [4.69, 9.17) is 14.2 Å². The Kier molecular flexibility index (Phi) is 5.21. The van der Waals surface area contributed by atoms with Crippen LogP contribution in [-0.2, 0) is 11.3 Å². The van der Waals surface area contributed by atoms with E-state index in [9.17, 15) is 4.79 Å². The highest BCUT2D eigenvalue weighted by molar-refractivity contribution is 5.67. The molecule has 0 bridgehead atoms. The third-order valence-corrected chi connectivity index (χ3v) is 3.31. The fourth-order valence-corrected chi connectivity index (χ4v) is 2.16.